The molecule has 3 rings (SSSR count). The average molecular weight is 375 g/mol. The largest absolute Gasteiger partial charge is 0.454 e. The van der Waals surface area contributed by atoms with E-state index in [0.717, 1.165) is 16.6 Å². The summed E-state index contributed by atoms with van der Waals surface area (Å²) in [5.74, 6) is -0.808. The summed E-state index contributed by atoms with van der Waals surface area (Å²) in [7, 11) is 3.83. The normalized spacial score (nSPS) is 10.5. The van der Waals surface area contributed by atoms with Crippen LogP contribution in [-0.4, -0.2) is 37.0 Å². The molecule has 6 nitrogen and oxygen atoms in total. The Hall–Kier alpha value is -3.59. The molecule has 0 spiro atoms. The van der Waals surface area contributed by atoms with Crippen molar-refractivity contribution in [3.8, 4) is 6.07 Å². The number of carbonyl (C=O) groups is 2. The molecule has 1 heterocycles. The van der Waals surface area contributed by atoms with Gasteiger partial charge in [0, 0.05) is 49.0 Å². The zero-order valence-corrected chi connectivity index (χ0v) is 15.9. The maximum atomic E-state index is 12.7. The van der Waals surface area contributed by atoms with Gasteiger partial charge in [-0.15, -0.1) is 0 Å². The number of nitriles is 1. The van der Waals surface area contributed by atoms with E-state index < -0.39 is 5.97 Å². The lowest BCUT2D eigenvalue weighted by Gasteiger charge is -2.12. The second-order valence-corrected chi connectivity index (χ2v) is 6.60. The lowest BCUT2D eigenvalue weighted by Crippen LogP contribution is -2.14. The summed E-state index contributed by atoms with van der Waals surface area (Å²) in [5, 5.41) is 9.61. The minimum Gasteiger partial charge on any atom is -0.454 e. The number of para-hydroxylation sites is 1. The quantitative estimate of drug-likeness (QED) is 0.465. The fraction of sp³-hybridized carbons (Fsp3) is 0.227. The molecule has 0 atom stereocenters. The van der Waals surface area contributed by atoms with Gasteiger partial charge in [0.1, 0.15) is 0 Å². The number of fused-ring (bicyclic) bond motifs is 1. The summed E-state index contributed by atoms with van der Waals surface area (Å²) in [6.07, 6.45) is 2.08. The number of ether oxygens (including phenoxy) is 1. The zero-order chi connectivity index (χ0) is 20.1. The van der Waals surface area contributed by atoms with Gasteiger partial charge in [-0.1, -0.05) is 18.2 Å². The van der Waals surface area contributed by atoms with Crippen molar-refractivity contribution >= 4 is 28.3 Å². The minimum absolute atomic E-state index is 0.273. The van der Waals surface area contributed by atoms with Gasteiger partial charge < -0.3 is 14.2 Å². The van der Waals surface area contributed by atoms with Crippen molar-refractivity contribution in [3.63, 3.8) is 0 Å². The van der Waals surface area contributed by atoms with E-state index in [-0.39, 0.29) is 12.4 Å². The standard InChI is InChI=1S/C22H21N3O3/c1-24(2)17-10-8-16(9-11-17)22(27)28-15-21(26)19-14-25(13-5-12-23)20-7-4-3-6-18(19)20/h3-4,6-11,14H,5,13,15H2,1-2H3. The molecule has 0 radical (unpaired) electrons. The fourth-order valence-electron chi connectivity index (χ4n) is 3.01. The molecule has 0 aliphatic rings. The summed E-state index contributed by atoms with van der Waals surface area (Å²) in [5.41, 5.74) is 2.74. The van der Waals surface area contributed by atoms with E-state index in [9.17, 15) is 9.59 Å². The Balaban J connectivity index is 1.73. The van der Waals surface area contributed by atoms with Crippen LogP contribution in [0.3, 0.4) is 0 Å². The number of hydrogen-bond acceptors (Lipinski definition) is 5. The highest BCUT2D eigenvalue weighted by atomic mass is 16.5. The predicted octanol–water partition coefficient (Wildman–Crippen LogP) is 3.66. The first-order valence-electron chi connectivity index (χ1n) is 8.94. The monoisotopic (exact) mass is 375 g/mol. The molecule has 0 bridgehead atoms. The highest BCUT2D eigenvalue weighted by Gasteiger charge is 2.17. The minimum atomic E-state index is -0.535. The first-order valence-corrected chi connectivity index (χ1v) is 8.94. The maximum Gasteiger partial charge on any atom is 0.338 e. The second-order valence-electron chi connectivity index (χ2n) is 6.60. The molecule has 142 valence electrons. The van der Waals surface area contributed by atoms with Crippen LogP contribution in [0.15, 0.2) is 54.7 Å². The van der Waals surface area contributed by atoms with E-state index in [2.05, 4.69) is 6.07 Å². The lowest BCUT2D eigenvalue weighted by molar-refractivity contribution is 0.0475. The topological polar surface area (TPSA) is 75.3 Å². The Labute approximate surface area is 163 Å². The van der Waals surface area contributed by atoms with Gasteiger partial charge in [-0.05, 0) is 30.3 Å². The SMILES string of the molecule is CN(C)c1ccc(C(=O)OCC(=O)c2cn(CCC#N)c3ccccc23)cc1. The van der Waals surface area contributed by atoms with E-state index >= 15 is 0 Å². The zero-order valence-electron chi connectivity index (χ0n) is 15.9. The van der Waals surface area contributed by atoms with Crippen LogP contribution < -0.4 is 4.90 Å². The van der Waals surface area contributed by atoms with Gasteiger partial charge in [-0.3, -0.25) is 4.79 Å². The third-order valence-corrected chi connectivity index (χ3v) is 4.51. The van der Waals surface area contributed by atoms with E-state index in [0.29, 0.717) is 24.1 Å². The van der Waals surface area contributed by atoms with Crippen molar-refractivity contribution in [1.82, 2.24) is 4.57 Å². The highest BCUT2D eigenvalue weighted by molar-refractivity contribution is 6.09. The van der Waals surface area contributed by atoms with E-state index in [1.54, 1.807) is 18.3 Å². The summed E-state index contributed by atoms with van der Waals surface area (Å²) >= 11 is 0. The number of aryl methyl sites for hydroxylation is 1. The maximum absolute atomic E-state index is 12.7. The van der Waals surface area contributed by atoms with Crippen molar-refractivity contribution in [1.29, 1.82) is 5.26 Å². The molecule has 6 heteroatoms. The van der Waals surface area contributed by atoms with Crippen LogP contribution in [0.2, 0.25) is 0 Å². The summed E-state index contributed by atoms with van der Waals surface area (Å²) in [6, 6.07) is 16.6. The van der Waals surface area contributed by atoms with Crippen LogP contribution in [-0.2, 0) is 11.3 Å². The number of Topliss-reactive ketones (excluding diaryl/α,β-unsaturated/α-hetero) is 1. The van der Waals surface area contributed by atoms with E-state index in [4.69, 9.17) is 10.00 Å². The van der Waals surface area contributed by atoms with Gasteiger partial charge in [-0.2, -0.15) is 5.26 Å². The number of hydrogen-bond donors (Lipinski definition) is 0. The van der Waals surface area contributed by atoms with Crippen LogP contribution in [0.1, 0.15) is 27.1 Å². The predicted molar refractivity (Wildman–Crippen MR) is 108 cm³/mol. The lowest BCUT2D eigenvalue weighted by atomic mass is 10.1. The number of ketones is 1. The van der Waals surface area contributed by atoms with Gasteiger partial charge in [0.15, 0.2) is 6.61 Å². The molecule has 0 saturated carbocycles. The van der Waals surface area contributed by atoms with Crippen molar-refractivity contribution in [2.75, 3.05) is 25.6 Å². The van der Waals surface area contributed by atoms with Gasteiger partial charge in [0.2, 0.25) is 5.78 Å². The molecule has 0 aliphatic heterocycles. The summed E-state index contributed by atoms with van der Waals surface area (Å²) in [6.45, 7) is 0.169. The molecule has 0 aliphatic carbocycles. The third-order valence-electron chi connectivity index (χ3n) is 4.51. The van der Waals surface area contributed by atoms with Crippen molar-refractivity contribution in [2.24, 2.45) is 0 Å². The molecule has 0 N–H and O–H groups in total. The molecule has 28 heavy (non-hydrogen) atoms. The number of anilines is 1. The highest BCUT2D eigenvalue weighted by Crippen LogP contribution is 2.22. The number of benzene rings is 2. The third kappa shape index (κ3) is 4.04. The molecule has 0 fully saturated rings. The van der Waals surface area contributed by atoms with E-state index in [1.807, 2.05) is 60.0 Å². The van der Waals surface area contributed by atoms with Gasteiger partial charge in [-0.25, -0.2) is 4.79 Å². The Morgan fingerprint density at radius 3 is 2.50 bits per heavy atom. The first-order chi connectivity index (χ1) is 13.5. The van der Waals surface area contributed by atoms with Crippen LogP contribution >= 0.6 is 0 Å². The molecular weight excluding hydrogens is 354 g/mol. The Morgan fingerprint density at radius 1 is 1.11 bits per heavy atom. The van der Waals surface area contributed by atoms with Crippen LogP contribution in [0.5, 0.6) is 0 Å². The summed E-state index contributed by atoms with van der Waals surface area (Å²) in [4.78, 5) is 26.8. The summed E-state index contributed by atoms with van der Waals surface area (Å²) < 4.78 is 7.10. The Kier molecular flexibility index (Phi) is 5.75. The first kappa shape index (κ1) is 19.2. The van der Waals surface area contributed by atoms with E-state index in [1.165, 1.54) is 0 Å². The van der Waals surface area contributed by atoms with Crippen molar-refractivity contribution < 1.29 is 14.3 Å². The molecular formula is C22H21N3O3. The fourth-order valence-corrected chi connectivity index (χ4v) is 3.01. The molecule has 2 aromatic carbocycles. The molecule has 3 aromatic rings. The molecule has 0 amide bonds. The van der Waals surface area contributed by atoms with Crippen molar-refractivity contribution in [2.45, 2.75) is 13.0 Å². The van der Waals surface area contributed by atoms with Crippen LogP contribution in [0, 0.1) is 11.3 Å². The molecule has 0 saturated heterocycles. The van der Waals surface area contributed by atoms with Gasteiger partial charge in [0.25, 0.3) is 0 Å². The van der Waals surface area contributed by atoms with Crippen LogP contribution in [0.25, 0.3) is 10.9 Å². The smallest absolute Gasteiger partial charge is 0.338 e. The van der Waals surface area contributed by atoms with Gasteiger partial charge in [0.05, 0.1) is 18.1 Å². The number of esters is 1. The van der Waals surface area contributed by atoms with Gasteiger partial charge >= 0.3 is 5.97 Å². The number of aromatic nitrogens is 1. The van der Waals surface area contributed by atoms with Crippen LogP contribution in [0.4, 0.5) is 5.69 Å². The van der Waals surface area contributed by atoms with Crippen molar-refractivity contribution in [3.05, 3.63) is 65.9 Å². The number of carbonyl (C=O) groups excluding carboxylic acids is 2. The Bertz CT molecular complexity index is 1040. The molecule has 0 unspecified atom stereocenters. The second kappa shape index (κ2) is 8.40. The number of nitrogens with zero attached hydrogens (tertiary/aromatic N) is 3. The Morgan fingerprint density at radius 2 is 1.82 bits per heavy atom. The molecule has 1 aromatic heterocycles. The number of rotatable bonds is 7. The average Bonchev–Trinajstić information content (AvgIpc) is 3.09.